The fourth-order valence-corrected chi connectivity index (χ4v) is 4.03. The molecule has 0 aliphatic carbocycles. The topological polar surface area (TPSA) is 0 Å². The Labute approximate surface area is 189 Å². The molecule has 25 heavy (non-hydrogen) atoms. The second-order valence-corrected chi connectivity index (χ2v) is 13.1. The van der Waals surface area contributed by atoms with Crippen LogP contribution in [0.5, 0.6) is 0 Å². The van der Waals surface area contributed by atoms with Crippen LogP contribution in [-0.2, 0) is 27.1 Å². The second kappa shape index (κ2) is 10.6. The summed E-state index contributed by atoms with van der Waals surface area (Å²) < 4.78 is 0. The van der Waals surface area contributed by atoms with Crippen LogP contribution in [0.4, 0.5) is 0 Å². The van der Waals surface area contributed by atoms with E-state index in [9.17, 15) is 0 Å². The standard InChI is InChI=1S/C20H29Si.3ClH.Ti/c1-14-11-18(12-15(2)16(14)3)20(4,5)17-9-10-19(13-17)21(6,7)8;;;;/h9-13H,1-8H3;3*1H;/q-1;;;;+4/p-3. The van der Waals surface area contributed by atoms with Crippen LogP contribution in [0.2, 0.25) is 19.6 Å². The van der Waals surface area contributed by atoms with E-state index < -0.39 is 8.07 Å². The Morgan fingerprint density at radius 1 is 0.880 bits per heavy atom. The molecule has 0 aliphatic rings. The smallest absolute Gasteiger partial charge is 1.00 e. The summed E-state index contributed by atoms with van der Waals surface area (Å²) in [5.41, 5.74) is 7.16. The Bertz CT molecular complexity index is 647. The van der Waals surface area contributed by atoms with Gasteiger partial charge in [0.2, 0.25) is 0 Å². The minimum absolute atomic E-state index is 0. The first-order chi connectivity index (χ1) is 9.53. The van der Waals surface area contributed by atoms with Crippen LogP contribution in [0.25, 0.3) is 0 Å². The van der Waals surface area contributed by atoms with Crippen LogP contribution >= 0.6 is 0 Å². The molecule has 0 atom stereocenters. The fourth-order valence-electron chi connectivity index (χ4n) is 2.86. The van der Waals surface area contributed by atoms with E-state index in [4.69, 9.17) is 0 Å². The van der Waals surface area contributed by atoms with Crippen molar-refractivity contribution in [2.24, 2.45) is 0 Å². The summed E-state index contributed by atoms with van der Waals surface area (Å²) >= 11 is 0. The van der Waals surface area contributed by atoms with Crippen LogP contribution in [0.1, 0.15) is 41.7 Å². The van der Waals surface area contributed by atoms with Gasteiger partial charge in [0.25, 0.3) is 0 Å². The SMILES string of the molecule is Cc1cc(C(C)(C)[c-]2ccc([Si](C)(C)C)c2)cc(C)c1C.[Cl-].[Cl-].[Cl-].[Ti+4]. The van der Waals surface area contributed by atoms with Gasteiger partial charge in [0.05, 0.1) is 0 Å². The molecule has 2 aromatic rings. The fraction of sp³-hybridized carbons (Fsp3) is 0.450. The third-order valence-electron chi connectivity index (χ3n) is 4.99. The number of hydrogen-bond acceptors (Lipinski definition) is 0. The van der Waals surface area contributed by atoms with Crippen LogP contribution < -0.4 is 42.4 Å². The maximum atomic E-state index is 2.44. The molecule has 0 aromatic heterocycles. The second-order valence-electron chi connectivity index (χ2n) is 8.00. The van der Waals surface area contributed by atoms with Crippen molar-refractivity contribution in [3.63, 3.8) is 0 Å². The van der Waals surface area contributed by atoms with Gasteiger partial charge in [-0.15, -0.1) is 5.56 Å². The molecule has 0 saturated heterocycles. The van der Waals surface area contributed by atoms with E-state index in [1.165, 1.54) is 27.8 Å². The molecule has 0 heterocycles. The van der Waals surface area contributed by atoms with Crippen LogP contribution in [-0.4, -0.2) is 8.07 Å². The molecule has 0 amide bonds. The van der Waals surface area contributed by atoms with Crippen LogP contribution in [0.15, 0.2) is 30.3 Å². The van der Waals surface area contributed by atoms with Crippen molar-refractivity contribution < 1.29 is 58.9 Å². The van der Waals surface area contributed by atoms with E-state index >= 15 is 0 Å². The summed E-state index contributed by atoms with van der Waals surface area (Å²) in [6.45, 7) is 18.6. The van der Waals surface area contributed by atoms with Gasteiger partial charge in [0.1, 0.15) is 0 Å². The van der Waals surface area contributed by atoms with Gasteiger partial charge < -0.3 is 37.2 Å². The zero-order chi connectivity index (χ0) is 16.0. The quantitative estimate of drug-likeness (QED) is 0.332. The molecule has 0 aliphatic heterocycles. The summed E-state index contributed by atoms with van der Waals surface area (Å²) in [5, 5.41) is 1.56. The maximum Gasteiger partial charge on any atom is 4.00 e. The number of rotatable bonds is 3. The zero-order valence-corrected chi connectivity index (χ0v) is 21.3. The van der Waals surface area contributed by atoms with Gasteiger partial charge in [-0.25, -0.2) is 11.3 Å². The molecule has 0 unspecified atom stereocenters. The van der Waals surface area contributed by atoms with Crippen molar-refractivity contribution in [1.82, 2.24) is 0 Å². The molecule has 0 N–H and O–H groups in total. The maximum absolute atomic E-state index is 2.44. The molecular weight excluding hydrogens is 423 g/mol. The Balaban J connectivity index is -0.00000121. The third-order valence-corrected chi connectivity index (χ3v) is 7.03. The number of benzene rings is 1. The van der Waals surface area contributed by atoms with E-state index in [0.29, 0.717) is 0 Å². The summed E-state index contributed by atoms with van der Waals surface area (Å²) in [6.07, 6.45) is 0. The van der Waals surface area contributed by atoms with E-state index in [2.05, 4.69) is 84.6 Å². The summed E-state index contributed by atoms with van der Waals surface area (Å²) in [6, 6.07) is 11.8. The van der Waals surface area contributed by atoms with Gasteiger partial charge in [-0.2, -0.15) is 12.1 Å². The van der Waals surface area contributed by atoms with E-state index in [0.717, 1.165) is 0 Å². The molecule has 5 heteroatoms. The Morgan fingerprint density at radius 2 is 1.32 bits per heavy atom. The van der Waals surface area contributed by atoms with Crippen molar-refractivity contribution >= 4 is 13.3 Å². The molecule has 138 valence electrons. The summed E-state index contributed by atoms with van der Waals surface area (Å²) in [4.78, 5) is 0. The van der Waals surface area contributed by atoms with Gasteiger partial charge in [0, 0.05) is 8.07 Å². The van der Waals surface area contributed by atoms with Crippen molar-refractivity contribution in [2.75, 3.05) is 0 Å². The van der Waals surface area contributed by atoms with E-state index in [1.54, 1.807) is 5.19 Å². The molecule has 0 bridgehead atoms. The predicted octanol–water partition coefficient (Wildman–Crippen LogP) is -3.79. The van der Waals surface area contributed by atoms with Crippen molar-refractivity contribution in [3.05, 3.63) is 58.1 Å². The summed E-state index contributed by atoms with van der Waals surface area (Å²) in [7, 11) is -1.22. The van der Waals surface area contributed by atoms with Gasteiger partial charge in [-0.1, -0.05) is 45.6 Å². The van der Waals surface area contributed by atoms with Gasteiger partial charge in [-0.3, -0.25) is 0 Å². The minimum Gasteiger partial charge on any atom is -1.00 e. The molecule has 2 rings (SSSR count). The molecule has 0 saturated carbocycles. The molecular formula is C20H29Cl3SiTi. The normalized spacial score (nSPS) is 10.7. The molecule has 0 nitrogen and oxygen atoms in total. The van der Waals surface area contributed by atoms with Crippen LogP contribution in [0, 0.1) is 20.8 Å². The average molecular weight is 452 g/mol. The van der Waals surface area contributed by atoms with Crippen molar-refractivity contribution in [3.8, 4) is 0 Å². The first-order valence-corrected chi connectivity index (χ1v) is 11.4. The van der Waals surface area contributed by atoms with Crippen molar-refractivity contribution in [2.45, 2.75) is 59.7 Å². The first-order valence-electron chi connectivity index (χ1n) is 7.89. The van der Waals surface area contributed by atoms with Gasteiger partial charge in [-0.05, 0) is 48.4 Å². The average Bonchev–Trinajstić information content (AvgIpc) is 2.85. The Morgan fingerprint density at radius 3 is 1.68 bits per heavy atom. The Hall–Kier alpha value is 0.371. The monoisotopic (exact) mass is 450 g/mol. The van der Waals surface area contributed by atoms with Gasteiger partial charge >= 0.3 is 21.7 Å². The largest absolute Gasteiger partial charge is 4.00 e. The minimum atomic E-state index is -1.22. The number of hydrogen-bond donors (Lipinski definition) is 0. The van der Waals surface area contributed by atoms with E-state index in [1.807, 2.05) is 0 Å². The third kappa shape index (κ3) is 6.48. The van der Waals surface area contributed by atoms with Gasteiger partial charge in [0.15, 0.2) is 0 Å². The number of halogens is 3. The molecule has 2 aromatic carbocycles. The predicted molar refractivity (Wildman–Crippen MR) is 97.8 cm³/mol. The first kappa shape index (κ1) is 30.1. The zero-order valence-electron chi connectivity index (χ0n) is 16.5. The molecule has 0 fully saturated rings. The van der Waals surface area contributed by atoms with E-state index in [-0.39, 0.29) is 64.4 Å². The molecule has 0 spiro atoms. The number of aryl methyl sites for hydroxylation is 2. The summed E-state index contributed by atoms with van der Waals surface area (Å²) in [5.74, 6) is 0. The Kier molecular flexibility index (Phi) is 12.8. The van der Waals surface area contributed by atoms with Crippen LogP contribution in [0.3, 0.4) is 0 Å². The molecule has 0 radical (unpaired) electrons. The van der Waals surface area contributed by atoms with Crippen molar-refractivity contribution in [1.29, 1.82) is 0 Å².